The molecule has 0 saturated carbocycles. The molecule has 0 atom stereocenters. The van der Waals surface area contributed by atoms with E-state index in [4.69, 9.17) is 15.3 Å². The van der Waals surface area contributed by atoms with E-state index in [1.807, 2.05) is 6.07 Å². The van der Waals surface area contributed by atoms with Gasteiger partial charge < -0.3 is 10.5 Å². The molecule has 0 rings (SSSR count). The summed E-state index contributed by atoms with van der Waals surface area (Å²) >= 11 is 0. The topological polar surface area (TPSA) is 99.9 Å². The Bertz CT molecular complexity index is 385. The van der Waals surface area contributed by atoms with Gasteiger partial charge in [0, 0.05) is 11.6 Å². The van der Waals surface area contributed by atoms with Crippen LogP contribution in [0.5, 0.6) is 0 Å². The number of nitriles is 2. The van der Waals surface area contributed by atoms with E-state index in [1.165, 1.54) is 12.3 Å². The molecule has 21 heavy (non-hydrogen) atoms. The minimum Gasteiger partial charge on any atom is -0.502 e. The van der Waals surface area contributed by atoms with Crippen LogP contribution in [0.25, 0.3) is 0 Å². The summed E-state index contributed by atoms with van der Waals surface area (Å²) in [6.07, 6.45) is 3.71. The van der Waals surface area contributed by atoms with Gasteiger partial charge in [0.05, 0.1) is 25.0 Å². The molecule has 116 valence electrons. The van der Waals surface area contributed by atoms with Crippen LogP contribution in [0.4, 0.5) is 0 Å². The maximum Gasteiger partial charge on any atom is 0.240 e. The van der Waals surface area contributed by atoms with Crippen molar-refractivity contribution in [3.8, 4) is 12.1 Å². The first-order valence-electron chi connectivity index (χ1n) is 5.93. The average molecular weight is 291 g/mol. The number of hydrogen-bond acceptors (Lipinski definition) is 4. The molecule has 0 aromatic rings. The van der Waals surface area contributed by atoms with Gasteiger partial charge in [0.15, 0.2) is 0 Å². The summed E-state index contributed by atoms with van der Waals surface area (Å²) in [5.41, 5.74) is 5.09. The number of ether oxygens (including phenoxy) is 1. The quantitative estimate of drug-likeness (QED) is 0.488. The van der Waals surface area contributed by atoms with Crippen LogP contribution in [0.1, 0.15) is 20.8 Å². The number of carbonyl (C=O) groups excluding carboxylic acids is 1. The molecule has 0 aliphatic carbocycles. The molecule has 0 bridgehead atoms. The highest BCUT2D eigenvalue weighted by Crippen LogP contribution is 1.90. The highest BCUT2D eigenvalue weighted by molar-refractivity contribution is 5.84. The third-order valence-electron chi connectivity index (χ3n) is 1.03. The van der Waals surface area contributed by atoms with Crippen LogP contribution in [-0.4, -0.2) is 12.5 Å². The number of nitrogens with zero attached hydrogens (tertiary/aromatic N) is 2. The van der Waals surface area contributed by atoms with Crippen LogP contribution in [0.15, 0.2) is 50.3 Å². The van der Waals surface area contributed by atoms with E-state index in [9.17, 15) is 4.79 Å². The van der Waals surface area contributed by atoms with Crippen molar-refractivity contribution in [3.05, 3.63) is 50.3 Å². The van der Waals surface area contributed by atoms with Crippen molar-refractivity contribution in [3.63, 3.8) is 0 Å². The molecule has 0 fully saturated rings. The summed E-state index contributed by atoms with van der Waals surface area (Å²) < 4.78 is 4.86. The fourth-order valence-electron chi connectivity index (χ4n) is 0.260. The summed E-state index contributed by atoms with van der Waals surface area (Å²) in [6.45, 7) is 19.6. The SMILES string of the molecule is C=C(C)C#N.C=CC#N.C=CC(N)=O.C=COCC(C)C. The highest BCUT2D eigenvalue weighted by Gasteiger charge is 1.87. The monoisotopic (exact) mass is 291 g/mol. The molecule has 0 spiro atoms. The van der Waals surface area contributed by atoms with E-state index in [-0.39, 0.29) is 0 Å². The second-order valence-corrected chi connectivity index (χ2v) is 3.73. The molecule has 0 aliphatic rings. The van der Waals surface area contributed by atoms with Crippen LogP contribution in [-0.2, 0) is 9.53 Å². The van der Waals surface area contributed by atoms with E-state index in [1.54, 1.807) is 13.0 Å². The first kappa shape index (κ1) is 26.7. The Hall–Kier alpha value is -2.79. The number of hydrogen-bond donors (Lipinski definition) is 1. The first-order valence-corrected chi connectivity index (χ1v) is 5.93. The Morgan fingerprint density at radius 2 is 1.67 bits per heavy atom. The largest absolute Gasteiger partial charge is 0.502 e. The lowest BCUT2D eigenvalue weighted by atomic mass is 10.2. The Morgan fingerprint density at radius 3 is 1.71 bits per heavy atom. The summed E-state index contributed by atoms with van der Waals surface area (Å²) in [7, 11) is 0. The predicted molar refractivity (Wildman–Crippen MR) is 86.6 cm³/mol. The van der Waals surface area contributed by atoms with Crippen LogP contribution in [0.2, 0.25) is 0 Å². The van der Waals surface area contributed by atoms with Gasteiger partial charge in [-0.25, -0.2) is 0 Å². The van der Waals surface area contributed by atoms with E-state index in [0.717, 1.165) is 12.7 Å². The number of carbonyl (C=O) groups is 1. The zero-order valence-electron chi connectivity index (χ0n) is 13.1. The normalized spacial score (nSPS) is 6.57. The smallest absolute Gasteiger partial charge is 0.240 e. The average Bonchev–Trinajstić information content (AvgIpc) is 2.46. The standard InChI is InChI=1S/C6H12O.C4H5N.C3H5NO.C3H3N/c1-4-7-5-6(2)3;1-4(2)3-5;1-2-3(4)5;1-2-3-4/h4,6H,1,5H2,2-3H3;1H2,2H3;2H,1H2,(H2,4,5);2H,1H2. The first-order chi connectivity index (χ1) is 9.72. The molecule has 0 aliphatic heterocycles. The van der Waals surface area contributed by atoms with Gasteiger partial charge in [0.1, 0.15) is 0 Å². The van der Waals surface area contributed by atoms with Crippen molar-refractivity contribution in [2.75, 3.05) is 6.61 Å². The molecule has 0 aromatic carbocycles. The van der Waals surface area contributed by atoms with Crippen molar-refractivity contribution in [2.24, 2.45) is 11.7 Å². The fraction of sp³-hybridized carbons (Fsp3) is 0.312. The van der Waals surface area contributed by atoms with Crippen LogP contribution >= 0.6 is 0 Å². The minimum absolute atomic E-state index is 0.481. The number of nitrogens with two attached hydrogens (primary N) is 1. The third-order valence-corrected chi connectivity index (χ3v) is 1.03. The van der Waals surface area contributed by atoms with Crippen LogP contribution in [0.3, 0.4) is 0 Å². The lowest BCUT2D eigenvalue weighted by molar-refractivity contribution is -0.113. The maximum absolute atomic E-state index is 9.47. The molecule has 1 amide bonds. The summed E-state index contributed by atoms with van der Waals surface area (Å²) in [5.74, 6) is 0.128. The molecular weight excluding hydrogens is 266 g/mol. The second kappa shape index (κ2) is 25.9. The summed E-state index contributed by atoms with van der Waals surface area (Å²) in [4.78, 5) is 9.47. The second-order valence-electron chi connectivity index (χ2n) is 3.73. The zero-order valence-corrected chi connectivity index (χ0v) is 13.1. The third kappa shape index (κ3) is 103. The van der Waals surface area contributed by atoms with Gasteiger partial charge >= 0.3 is 0 Å². The number of allylic oxidation sites excluding steroid dienone is 2. The van der Waals surface area contributed by atoms with Crippen LogP contribution < -0.4 is 5.73 Å². The zero-order chi connectivity index (χ0) is 17.7. The van der Waals surface area contributed by atoms with Crippen molar-refractivity contribution in [2.45, 2.75) is 20.8 Å². The molecule has 0 unspecified atom stereocenters. The molecule has 5 heteroatoms. The fourth-order valence-corrected chi connectivity index (χ4v) is 0.260. The Morgan fingerprint density at radius 1 is 1.33 bits per heavy atom. The summed E-state index contributed by atoms with van der Waals surface area (Å²) in [6, 6.07) is 3.53. The molecule has 0 radical (unpaired) electrons. The van der Waals surface area contributed by atoms with Gasteiger partial charge in [-0.15, -0.1) is 0 Å². The summed E-state index contributed by atoms with van der Waals surface area (Å²) in [5, 5.41) is 15.3. The van der Waals surface area contributed by atoms with Crippen molar-refractivity contribution in [1.29, 1.82) is 10.5 Å². The number of primary amides is 1. The Balaban J connectivity index is -0.0000000939. The molecule has 0 aromatic heterocycles. The van der Waals surface area contributed by atoms with Crippen molar-refractivity contribution in [1.82, 2.24) is 0 Å². The molecule has 2 N–H and O–H groups in total. The Labute approximate surface area is 128 Å². The number of rotatable bonds is 4. The molecule has 0 heterocycles. The van der Waals surface area contributed by atoms with Gasteiger partial charge in [0.2, 0.25) is 5.91 Å². The lowest BCUT2D eigenvalue weighted by Gasteiger charge is -2.00. The molecule has 5 nitrogen and oxygen atoms in total. The van der Waals surface area contributed by atoms with Gasteiger partial charge in [0.25, 0.3) is 0 Å². The van der Waals surface area contributed by atoms with Gasteiger partial charge in [-0.3, -0.25) is 4.79 Å². The predicted octanol–water partition coefficient (Wildman–Crippen LogP) is 3.24. The molecular formula is C16H25N3O2. The minimum atomic E-state index is -0.481. The van der Waals surface area contributed by atoms with Gasteiger partial charge in [-0.2, -0.15) is 10.5 Å². The van der Waals surface area contributed by atoms with E-state index in [2.05, 4.69) is 45.9 Å². The Kier molecular flexibility index (Phi) is 33.0. The lowest BCUT2D eigenvalue weighted by Crippen LogP contribution is -2.04. The van der Waals surface area contributed by atoms with Gasteiger partial charge in [-0.1, -0.05) is 40.2 Å². The molecule has 0 saturated heterocycles. The van der Waals surface area contributed by atoms with Crippen molar-refractivity contribution < 1.29 is 9.53 Å². The maximum atomic E-state index is 9.47. The number of amides is 1. The van der Waals surface area contributed by atoms with E-state index in [0.29, 0.717) is 11.5 Å². The van der Waals surface area contributed by atoms with E-state index < -0.39 is 5.91 Å². The van der Waals surface area contributed by atoms with Gasteiger partial charge in [-0.05, 0) is 18.9 Å². The van der Waals surface area contributed by atoms with E-state index >= 15 is 0 Å². The highest BCUT2D eigenvalue weighted by atomic mass is 16.5. The van der Waals surface area contributed by atoms with Crippen LogP contribution in [0, 0.1) is 28.6 Å². The van der Waals surface area contributed by atoms with Crippen molar-refractivity contribution >= 4 is 5.91 Å².